The molecule has 0 saturated heterocycles. The lowest BCUT2D eigenvalue weighted by molar-refractivity contribution is 0.579. The van der Waals surface area contributed by atoms with Gasteiger partial charge in [0.15, 0.2) is 0 Å². The molecular formula is C14H15ClFNO. The molecule has 2 heterocycles. The van der Waals surface area contributed by atoms with Crippen molar-refractivity contribution in [3.05, 3.63) is 41.9 Å². The second-order valence-electron chi connectivity index (χ2n) is 4.48. The number of furan rings is 1. The van der Waals surface area contributed by atoms with Crippen LogP contribution >= 0.6 is 12.4 Å². The Labute approximate surface area is 111 Å². The summed E-state index contributed by atoms with van der Waals surface area (Å²) in [4.78, 5) is 0. The highest BCUT2D eigenvalue weighted by Crippen LogP contribution is 2.33. The maximum absolute atomic E-state index is 14.0. The molecule has 0 spiro atoms. The van der Waals surface area contributed by atoms with E-state index in [4.69, 9.17) is 4.42 Å². The minimum atomic E-state index is -0.201. The van der Waals surface area contributed by atoms with Gasteiger partial charge in [-0.05, 0) is 29.7 Å². The zero-order valence-electron chi connectivity index (χ0n) is 10.1. The van der Waals surface area contributed by atoms with E-state index in [9.17, 15) is 4.39 Å². The molecule has 2 aromatic rings. The van der Waals surface area contributed by atoms with Gasteiger partial charge in [-0.15, -0.1) is 12.4 Å². The zero-order valence-corrected chi connectivity index (χ0v) is 10.9. The molecule has 1 N–H and O–H groups in total. The lowest BCUT2D eigenvalue weighted by Crippen LogP contribution is -2.27. The number of fused-ring (bicyclic) bond motifs is 1. The molecule has 0 saturated carbocycles. The Kier molecular flexibility index (Phi) is 3.73. The molecule has 0 amide bonds. The molecule has 18 heavy (non-hydrogen) atoms. The van der Waals surface area contributed by atoms with Crippen LogP contribution in [0.4, 0.5) is 4.39 Å². The summed E-state index contributed by atoms with van der Waals surface area (Å²) >= 11 is 0. The minimum Gasteiger partial charge on any atom is -0.464 e. The third-order valence-corrected chi connectivity index (χ3v) is 3.31. The van der Waals surface area contributed by atoms with Gasteiger partial charge in [0.1, 0.15) is 11.4 Å². The predicted octanol–water partition coefficient (Wildman–Crippen LogP) is 3.62. The van der Waals surface area contributed by atoms with Crippen LogP contribution in [0.15, 0.2) is 35.0 Å². The van der Waals surface area contributed by atoms with Gasteiger partial charge in [0.2, 0.25) is 0 Å². The monoisotopic (exact) mass is 267 g/mol. The van der Waals surface area contributed by atoms with E-state index in [0.717, 1.165) is 24.0 Å². The maximum Gasteiger partial charge on any atom is 0.144 e. The summed E-state index contributed by atoms with van der Waals surface area (Å²) < 4.78 is 19.5. The largest absolute Gasteiger partial charge is 0.464 e. The number of nitrogens with one attached hydrogen (secondary N) is 1. The summed E-state index contributed by atoms with van der Waals surface area (Å²) in [5, 5.41) is 4.22. The van der Waals surface area contributed by atoms with Gasteiger partial charge < -0.3 is 9.73 Å². The van der Waals surface area contributed by atoms with Gasteiger partial charge in [-0.25, -0.2) is 4.39 Å². The third-order valence-electron chi connectivity index (χ3n) is 3.31. The predicted molar refractivity (Wildman–Crippen MR) is 73.4 cm³/mol. The van der Waals surface area contributed by atoms with E-state index in [0.29, 0.717) is 17.1 Å². The lowest BCUT2D eigenvalue weighted by Gasteiger charge is -2.22. The molecule has 1 aromatic carbocycles. The Morgan fingerprint density at radius 3 is 2.94 bits per heavy atom. The average molecular weight is 268 g/mol. The molecule has 2 nitrogen and oxygen atoms in total. The summed E-state index contributed by atoms with van der Waals surface area (Å²) in [5.74, 6) is 0.0985. The molecule has 1 unspecified atom stereocenters. The molecule has 1 aliphatic heterocycles. The highest BCUT2D eigenvalue weighted by Gasteiger charge is 2.21. The van der Waals surface area contributed by atoms with Crippen molar-refractivity contribution in [2.75, 3.05) is 13.1 Å². The average Bonchev–Trinajstić information content (AvgIpc) is 2.79. The van der Waals surface area contributed by atoms with E-state index >= 15 is 0 Å². The molecule has 0 bridgehead atoms. The van der Waals surface area contributed by atoms with E-state index in [1.807, 2.05) is 6.07 Å². The molecule has 4 heteroatoms. The second-order valence-corrected chi connectivity index (χ2v) is 4.48. The molecule has 0 fully saturated rings. The number of rotatable bonds is 1. The van der Waals surface area contributed by atoms with Crippen molar-refractivity contribution in [3.8, 4) is 0 Å². The van der Waals surface area contributed by atoms with Gasteiger partial charge in [0.05, 0.1) is 11.8 Å². The second kappa shape index (κ2) is 5.12. The lowest BCUT2D eigenvalue weighted by atomic mass is 9.90. The van der Waals surface area contributed by atoms with Crippen LogP contribution in [0.1, 0.15) is 12.5 Å². The van der Waals surface area contributed by atoms with Gasteiger partial charge >= 0.3 is 0 Å². The van der Waals surface area contributed by atoms with Crippen molar-refractivity contribution in [2.45, 2.75) is 6.92 Å². The highest BCUT2D eigenvalue weighted by molar-refractivity contribution is 5.90. The normalized spacial score (nSPS) is 19.4. The van der Waals surface area contributed by atoms with Crippen molar-refractivity contribution in [1.29, 1.82) is 0 Å². The fourth-order valence-electron chi connectivity index (χ4n) is 2.42. The first-order valence-electron chi connectivity index (χ1n) is 5.84. The Morgan fingerprint density at radius 2 is 2.17 bits per heavy atom. The van der Waals surface area contributed by atoms with Crippen LogP contribution in [0.25, 0.3) is 16.5 Å². The van der Waals surface area contributed by atoms with Crippen molar-refractivity contribution in [3.63, 3.8) is 0 Å². The van der Waals surface area contributed by atoms with E-state index in [-0.39, 0.29) is 18.2 Å². The first-order chi connectivity index (χ1) is 8.27. The summed E-state index contributed by atoms with van der Waals surface area (Å²) in [7, 11) is 0. The molecule has 1 aromatic heterocycles. The minimum absolute atomic E-state index is 0. The fraction of sp³-hybridized carbons (Fsp3) is 0.286. The molecule has 0 radical (unpaired) electrons. The molecule has 1 aliphatic rings. The summed E-state index contributed by atoms with van der Waals surface area (Å²) in [6.07, 6.45) is 3.66. The summed E-state index contributed by atoms with van der Waals surface area (Å²) in [6, 6.07) is 5.14. The number of halogens is 2. The van der Waals surface area contributed by atoms with Crippen LogP contribution in [0.2, 0.25) is 0 Å². The quantitative estimate of drug-likeness (QED) is 0.854. The van der Waals surface area contributed by atoms with Crippen LogP contribution in [0.3, 0.4) is 0 Å². The SMILES string of the molecule is CC1CNCC=C1c1c(F)ccc2ccoc12.Cl. The van der Waals surface area contributed by atoms with Gasteiger partial charge in [0.25, 0.3) is 0 Å². The molecular weight excluding hydrogens is 253 g/mol. The van der Waals surface area contributed by atoms with Gasteiger partial charge in [-0.1, -0.05) is 13.0 Å². The Bertz CT molecular complexity index is 590. The van der Waals surface area contributed by atoms with E-state index in [1.165, 1.54) is 6.07 Å². The maximum atomic E-state index is 14.0. The van der Waals surface area contributed by atoms with Gasteiger partial charge in [-0.2, -0.15) is 0 Å². The molecule has 96 valence electrons. The topological polar surface area (TPSA) is 25.2 Å². The van der Waals surface area contributed by atoms with Crippen molar-refractivity contribution < 1.29 is 8.81 Å². The van der Waals surface area contributed by atoms with Crippen LogP contribution in [-0.4, -0.2) is 13.1 Å². The Morgan fingerprint density at radius 1 is 1.33 bits per heavy atom. The number of hydrogen-bond donors (Lipinski definition) is 1. The fourth-order valence-corrected chi connectivity index (χ4v) is 2.42. The summed E-state index contributed by atoms with van der Waals surface area (Å²) in [6.45, 7) is 3.76. The summed E-state index contributed by atoms with van der Waals surface area (Å²) in [5.41, 5.74) is 2.33. The molecule has 1 atom stereocenters. The molecule has 0 aliphatic carbocycles. The van der Waals surface area contributed by atoms with E-state index in [2.05, 4.69) is 18.3 Å². The van der Waals surface area contributed by atoms with Crippen molar-refractivity contribution in [2.24, 2.45) is 5.92 Å². The van der Waals surface area contributed by atoms with Crippen molar-refractivity contribution in [1.82, 2.24) is 5.32 Å². The van der Waals surface area contributed by atoms with Crippen LogP contribution in [0.5, 0.6) is 0 Å². The van der Waals surface area contributed by atoms with Gasteiger partial charge in [-0.3, -0.25) is 0 Å². The third kappa shape index (κ3) is 2.04. The first-order valence-corrected chi connectivity index (χ1v) is 5.84. The van der Waals surface area contributed by atoms with Crippen LogP contribution < -0.4 is 5.32 Å². The van der Waals surface area contributed by atoms with E-state index in [1.54, 1.807) is 12.3 Å². The smallest absolute Gasteiger partial charge is 0.144 e. The van der Waals surface area contributed by atoms with Crippen LogP contribution in [0, 0.1) is 11.7 Å². The van der Waals surface area contributed by atoms with Gasteiger partial charge in [0, 0.05) is 18.5 Å². The van der Waals surface area contributed by atoms with Crippen LogP contribution in [-0.2, 0) is 0 Å². The zero-order chi connectivity index (χ0) is 11.8. The van der Waals surface area contributed by atoms with E-state index < -0.39 is 0 Å². The number of benzene rings is 1. The van der Waals surface area contributed by atoms with Crippen molar-refractivity contribution >= 4 is 28.9 Å². The Balaban J connectivity index is 0.00000120. The molecule has 3 rings (SSSR count). The number of hydrogen-bond acceptors (Lipinski definition) is 2. The Hall–Kier alpha value is -1.32. The first kappa shape index (κ1) is 13.1. The highest BCUT2D eigenvalue weighted by atomic mass is 35.5. The standard InChI is InChI=1S/C14H14FNO.ClH/c1-9-8-16-6-4-11(9)13-12(15)3-2-10-5-7-17-14(10)13;/h2-5,7,9,16H,6,8H2,1H3;1H.